The van der Waals surface area contributed by atoms with Crippen LogP contribution in [0.25, 0.3) is 10.9 Å². The van der Waals surface area contributed by atoms with Crippen molar-refractivity contribution in [2.24, 2.45) is 0 Å². The van der Waals surface area contributed by atoms with Crippen molar-refractivity contribution in [2.45, 2.75) is 6.92 Å². The number of nitrogens with zero attached hydrogens (tertiary/aromatic N) is 4. The number of aromatic nitrogens is 3. The van der Waals surface area contributed by atoms with E-state index in [0.29, 0.717) is 17.0 Å². The molecular formula is C21H16N4O5. The molecule has 2 heterocycles. The molecule has 4 aromatic rings. The highest BCUT2D eigenvalue weighted by atomic mass is 16.6. The van der Waals surface area contributed by atoms with E-state index in [1.165, 1.54) is 7.11 Å². The Morgan fingerprint density at radius 2 is 1.53 bits per heavy atom. The number of benzene rings is 2. The molecule has 9 heteroatoms. The van der Waals surface area contributed by atoms with Crippen molar-refractivity contribution < 1.29 is 19.1 Å². The summed E-state index contributed by atoms with van der Waals surface area (Å²) in [7, 11) is 1.47. The van der Waals surface area contributed by atoms with Gasteiger partial charge in [0.05, 0.1) is 12.0 Å². The van der Waals surface area contributed by atoms with Gasteiger partial charge >= 0.3 is 17.4 Å². The lowest BCUT2D eigenvalue weighted by Gasteiger charge is -2.11. The van der Waals surface area contributed by atoms with Crippen molar-refractivity contribution in [3.05, 3.63) is 76.7 Å². The van der Waals surface area contributed by atoms with Gasteiger partial charge in [-0.25, -0.2) is 4.98 Å². The van der Waals surface area contributed by atoms with Crippen LogP contribution < -0.4 is 14.2 Å². The van der Waals surface area contributed by atoms with E-state index in [1.54, 1.807) is 36.4 Å². The summed E-state index contributed by atoms with van der Waals surface area (Å²) < 4.78 is 16.7. The van der Waals surface area contributed by atoms with Gasteiger partial charge in [0, 0.05) is 11.1 Å². The molecule has 0 aliphatic rings. The molecule has 0 saturated carbocycles. The number of pyridine rings is 1. The fourth-order valence-corrected chi connectivity index (χ4v) is 2.86. The SMILES string of the molecule is COc1ccccc1Oc1ncnc(Oc2cccc3ccc(C)nc23)c1[N+](=O)[O-]. The molecule has 0 unspecified atom stereocenters. The summed E-state index contributed by atoms with van der Waals surface area (Å²) in [6, 6.07) is 15.8. The molecular weight excluding hydrogens is 388 g/mol. The number of ether oxygens (including phenoxy) is 3. The molecule has 0 fully saturated rings. The van der Waals surface area contributed by atoms with Crippen LogP contribution in [0.4, 0.5) is 5.69 Å². The lowest BCUT2D eigenvalue weighted by molar-refractivity contribution is -0.387. The molecule has 0 bridgehead atoms. The Morgan fingerprint density at radius 1 is 0.867 bits per heavy atom. The largest absolute Gasteiger partial charge is 0.493 e. The van der Waals surface area contributed by atoms with E-state index in [2.05, 4.69) is 15.0 Å². The van der Waals surface area contributed by atoms with Gasteiger partial charge in [-0.05, 0) is 31.2 Å². The maximum Gasteiger partial charge on any atom is 0.393 e. The molecule has 0 N–H and O–H groups in total. The van der Waals surface area contributed by atoms with Crippen molar-refractivity contribution in [2.75, 3.05) is 7.11 Å². The summed E-state index contributed by atoms with van der Waals surface area (Å²) >= 11 is 0. The summed E-state index contributed by atoms with van der Waals surface area (Å²) in [6.07, 6.45) is 1.14. The molecule has 150 valence electrons. The molecule has 30 heavy (non-hydrogen) atoms. The summed E-state index contributed by atoms with van der Waals surface area (Å²) in [6.45, 7) is 1.85. The fraction of sp³-hybridized carbons (Fsp3) is 0.0952. The first-order valence-electron chi connectivity index (χ1n) is 8.91. The van der Waals surface area contributed by atoms with E-state index in [9.17, 15) is 10.1 Å². The first kappa shape index (κ1) is 19.1. The van der Waals surface area contributed by atoms with Gasteiger partial charge in [-0.2, -0.15) is 9.97 Å². The average molecular weight is 404 g/mol. The van der Waals surface area contributed by atoms with Crippen molar-refractivity contribution >= 4 is 16.6 Å². The van der Waals surface area contributed by atoms with Crippen molar-refractivity contribution in [1.82, 2.24) is 15.0 Å². The first-order chi connectivity index (χ1) is 14.6. The molecule has 0 aliphatic heterocycles. The fourth-order valence-electron chi connectivity index (χ4n) is 2.86. The zero-order valence-corrected chi connectivity index (χ0v) is 16.1. The normalized spacial score (nSPS) is 10.6. The quantitative estimate of drug-likeness (QED) is 0.332. The number of rotatable bonds is 6. The van der Waals surface area contributed by atoms with E-state index in [0.717, 1.165) is 17.4 Å². The van der Waals surface area contributed by atoms with Crippen LogP contribution in [-0.2, 0) is 0 Å². The Bertz CT molecular complexity index is 1250. The molecule has 0 saturated heterocycles. The zero-order chi connectivity index (χ0) is 21.1. The second-order valence-corrected chi connectivity index (χ2v) is 6.23. The zero-order valence-electron chi connectivity index (χ0n) is 16.1. The highest BCUT2D eigenvalue weighted by Gasteiger charge is 2.28. The second-order valence-electron chi connectivity index (χ2n) is 6.23. The summed E-state index contributed by atoms with van der Waals surface area (Å²) in [5, 5.41) is 12.6. The van der Waals surface area contributed by atoms with Crippen LogP contribution in [0.5, 0.6) is 29.0 Å². The van der Waals surface area contributed by atoms with Crippen LogP contribution in [-0.4, -0.2) is 27.0 Å². The van der Waals surface area contributed by atoms with Crippen LogP contribution >= 0.6 is 0 Å². The number of para-hydroxylation sites is 3. The van der Waals surface area contributed by atoms with Crippen LogP contribution in [0.3, 0.4) is 0 Å². The molecule has 9 nitrogen and oxygen atoms in total. The summed E-state index contributed by atoms with van der Waals surface area (Å²) in [5.41, 5.74) is 0.849. The topological polar surface area (TPSA) is 110 Å². The third-order valence-corrected chi connectivity index (χ3v) is 4.24. The number of hydrogen-bond donors (Lipinski definition) is 0. The predicted octanol–water partition coefficient (Wildman–Crippen LogP) is 4.83. The van der Waals surface area contributed by atoms with E-state index < -0.39 is 10.6 Å². The van der Waals surface area contributed by atoms with Crippen molar-refractivity contribution in [1.29, 1.82) is 0 Å². The van der Waals surface area contributed by atoms with Crippen LogP contribution in [0.2, 0.25) is 0 Å². The van der Waals surface area contributed by atoms with Crippen LogP contribution in [0.1, 0.15) is 5.69 Å². The lowest BCUT2D eigenvalue weighted by Crippen LogP contribution is -2.02. The van der Waals surface area contributed by atoms with Crippen molar-refractivity contribution in [3.8, 4) is 29.0 Å². The van der Waals surface area contributed by atoms with E-state index >= 15 is 0 Å². The smallest absolute Gasteiger partial charge is 0.393 e. The van der Waals surface area contributed by atoms with Gasteiger partial charge in [0.25, 0.3) is 0 Å². The van der Waals surface area contributed by atoms with Gasteiger partial charge in [-0.15, -0.1) is 0 Å². The first-order valence-corrected chi connectivity index (χ1v) is 8.91. The average Bonchev–Trinajstić information content (AvgIpc) is 2.74. The highest BCUT2D eigenvalue weighted by molar-refractivity contribution is 5.85. The number of aryl methyl sites for hydroxylation is 1. The predicted molar refractivity (Wildman–Crippen MR) is 108 cm³/mol. The molecule has 2 aromatic heterocycles. The third-order valence-electron chi connectivity index (χ3n) is 4.24. The number of nitro groups is 1. The molecule has 2 aromatic carbocycles. The van der Waals surface area contributed by atoms with E-state index in [-0.39, 0.29) is 17.5 Å². The minimum atomic E-state index is -0.649. The number of methoxy groups -OCH3 is 1. The molecule has 4 rings (SSSR count). The van der Waals surface area contributed by atoms with Crippen molar-refractivity contribution in [3.63, 3.8) is 0 Å². The van der Waals surface area contributed by atoms with Gasteiger partial charge in [0.2, 0.25) is 0 Å². The van der Waals surface area contributed by atoms with Gasteiger partial charge < -0.3 is 14.2 Å². The lowest BCUT2D eigenvalue weighted by atomic mass is 10.2. The second kappa shape index (κ2) is 8.00. The molecule has 0 amide bonds. The Kier molecular flexibility index (Phi) is 5.08. The van der Waals surface area contributed by atoms with Crippen LogP contribution in [0.15, 0.2) is 60.9 Å². The standard InChI is InChI=1S/C21H16N4O5/c1-13-10-11-14-6-5-9-17(18(14)24-13)30-21-19(25(26)27)20(22-12-23-21)29-16-8-4-3-7-15(16)28-2/h3-12H,1-2H3. The molecule has 0 spiro atoms. The maximum absolute atomic E-state index is 11.8. The van der Waals surface area contributed by atoms with Gasteiger partial charge in [0.15, 0.2) is 17.2 Å². The molecule has 0 atom stereocenters. The van der Waals surface area contributed by atoms with E-state index in [4.69, 9.17) is 14.2 Å². The Balaban J connectivity index is 1.78. The Morgan fingerprint density at radius 3 is 2.23 bits per heavy atom. The number of hydrogen-bond acceptors (Lipinski definition) is 8. The molecule has 0 radical (unpaired) electrons. The third kappa shape index (κ3) is 3.68. The summed E-state index contributed by atoms with van der Waals surface area (Å²) in [4.78, 5) is 23.5. The Labute approximate surface area is 171 Å². The van der Waals surface area contributed by atoms with E-state index in [1.807, 2.05) is 25.1 Å². The monoisotopic (exact) mass is 404 g/mol. The Hall–Kier alpha value is -4.27. The van der Waals surface area contributed by atoms with Gasteiger partial charge in [-0.1, -0.05) is 30.3 Å². The minimum Gasteiger partial charge on any atom is -0.493 e. The van der Waals surface area contributed by atoms with Crippen LogP contribution in [0, 0.1) is 17.0 Å². The number of fused-ring (bicyclic) bond motifs is 1. The minimum absolute atomic E-state index is 0.254. The highest BCUT2D eigenvalue weighted by Crippen LogP contribution is 2.40. The van der Waals surface area contributed by atoms with Gasteiger partial charge in [0.1, 0.15) is 11.8 Å². The maximum atomic E-state index is 11.8. The molecule has 0 aliphatic carbocycles. The summed E-state index contributed by atoms with van der Waals surface area (Å²) in [5.74, 6) is 0.493. The van der Waals surface area contributed by atoms with Gasteiger partial charge in [-0.3, -0.25) is 10.1 Å².